The number of anilines is 1. The van der Waals surface area contributed by atoms with Gasteiger partial charge in [-0.3, -0.25) is 4.79 Å². The smallest absolute Gasteiger partial charge is 0.273 e. The Labute approximate surface area is 97.4 Å². The average Bonchev–Trinajstić information content (AvgIpc) is 2.22. The van der Waals surface area contributed by atoms with Crippen LogP contribution >= 0.6 is 11.8 Å². The summed E-state index contributed by atoms with van der Waals surface area (Å²) in [6.45, 7) is 0. The van der Waals surface area contributed by atoms with E-state index in [1.807, 2.05) is 6.26 Å². The molecule has 1 aromatic rings. The molecule has 0 atom stereocenters. The minimum absolute atomic E-state index is 0.115. The zero-order chi connectivity index (χ0) is 11.5. The molecule has 1 fully saturated rings. The third-order valence-corrected chi connectivity index (χ3v) is 3.07. The van der Waals surface area contributed by atoms with Gasteiger partial charge in [-0.2, -0.15) is 0 Å². The summed E-state index contributed by atoms with van der Waals surface area (Å²) in [6, 6.07) is 0.379. The molecule has 1 aliphatic rings. The van der Waals surface area contributed by atoms with Crippen LogP contribution in [-0.2, 0) is 0 Å². The second-order valence-corrected chi connectivity index (χ2v) is 4.41. The zero-order valence-electron chi connectivity index (χ0n) is 8.93. The lowest BCUT2D eigenvalue weighted by Crippen LogP contribution is -2.30. The van der Waals surface area contributed by atoms with Crippen LogP contribution in [0.5, 0.6) is 0 Å². The number of amides is 1. The highest BCUT2D eigenvalue weighted by atomic mass is 32.2. The van der Waals surface area contributed by atoms with Crippen molar-refractivity contribution in [1.29, 1.82) is 0 Å². The van der Waals surface area contributed by atoms with E-state index in [0.717, 1.165) is 12.8 Å². The Hall–Kier alpha value is -1.37. The van der Waals surface area contributed by atoms with Crippen LogP contribution < -0.4 is 11.1 Å². The lowest BCUT2D eigenvalue weighted by Gasteiger charge is -2.27. The van der Waals surface area contributed by atoms with E-state index in [4.69, 9.17) is 5.73 Å². The molecule has 0 spiro atoms. The second kappa shape index (κ2) is 4.65. The molecule has 7 heteroatoms. The van der Waals surface area contributed by atoms with Crippen LogP contribution in [0.15, 0.2) is 5.16 Å². The Morgan fingerprint density at radius 2 is 2.25 bits per heavy atom. The predicted molar refractivity (Wildman–Crippen MR) is 61.4 cm³/mol. The largest absolute Gasteiger partial charge is 0.365 e. The van der Waals surface area contributed by atoms with Crippen LogP contribution in [0.1, 0.15) is 29.8 Å². The van der Waals surface area contributed by atoms with Crippen LogP contribution in [0.4, 0.5) is 5.82 Å². The molecule has 6 nitrogen and oxygen atoms in total. The molecule has 16 heavy (non-hydrogen) atoms. The fourth-order valence-corrected chi connectivity index (χ4v) is 1.72. The minimum Gasteiger partial charge on any atom is -0.365 e. The Balaban J connectivity index is 2.25. The minimum atomic E-state index is -0.602. The number of nitrogens with zero attached hydrogens (tertiary/aromatic N) is 3. The quantitative estimate of drug-likeness (QED) is 0.749. The molecule has 0 bridgehead atoms. The molecule has 0 aliphatic heterocycles. The van der Waals surface area contributed by atoms with Gasteiger partial charge in [0.25, 0.3) is 5.91 Å². The van der Waals surface area contributed by atoms with Gasteiger partial charge in [-0.05, 0) is 25.5 Å². The van der Waals surface area contributed by atoms with Gasteiger partial charge in [0.2, 0.25) is 5.16 Å². The molecule has 0 aromatic carbocycles. The van der Waals surface area contributed by atoms with Crippen molar-refractivity contribution in [2.75, 3.05) is 11.6 Å². The first-order chi connectivity index (χ1) is 7.70. The molecule has 0 unspecified atom stereocenters. The van der Waals surface area contributed by atoms with Crippen LogP contribution in [0.25, 0.3) is 0 Å². The van der Waals surface area contributed by atoms with Crippen molar-refractivity contribution < 1.29 is 4.79 Å². The standard InChI is InChI=1S/C9H13N5OS/c1-16-9-12-8(11-5-3-2-4-5)6(7(10)15)13-14-9/h5H,2-4H2,1H3,(H2,10,15)(H,11,12,14). The van der Waals surface area contributed by atoms with E-state index in [0.29, 0.717) is 17.0 Å². The molecule has 0 radical (unpaired) electrons. The SMILES string of the molecule is CSc1nnc(C(N)=O)c(NC2CCC2)n1. The molecule has 1 heterocycles. The van der Waals surface area contributed by atoms with Gasteiger partial charge in [0.15, 0.2) is 11.5 Å². The summed E-state index contributed by atoms with van der Waals surface area (Å²) in [4.78, 5) is 15.4. The summed E-state index contributed by atoms with van der Waals surface area (Å²) in [7, 11) is 0. The summed E-state index contributed by atoms with van der Waals surface area (Å²) < 4.78 is 0. The van der Waals surface area contributed by atoms with Gasteiger partial charge in [-0.25, -0.2) is 4.98 Å². The second-order valence-electron chi connectivity index (χ2n) is 3.63. The fraction of sp³-hybridized carbons (Fsp3) is 0.556. The molecular formula is C9H13N5OS. The molecule has 0 saturated heterocycles. The predicted octanol–water partition coefficient (Wildman–Crippen LogP) is 0.657. The molecule has 1 saturated carbocycles. The average molecular weight is 239 g/mol. The van der Waals surface area contributed by atoms with Crippen LogP contribution in [0, 0.1) is 0 Å². The number of hydrogen-bond donors (Lipinski definition) is 2. The number of nitrogens with two attached hydrogens (primary N) is 1. The Morgan fingerprint density at radius 1 is 1.50 bits per heavy atom. The van der Waals surface area contributed by atoms with Gasteiger partial charge in [0, 0.05) is 6.04 Å². The molecule has 2 rings (SSSR count). The normalized spacial score (nSPS) is 15.6. The number of hydrogen-bond acceptors (Lipinski definition) is 6. The van der Waals surface area contributed by atoms with Crippen LogP contribution in [-0.4, -0.2) is 33.4 Å². The monoisotopic (exact) mass is 239 g/mol. The van der Waals surface area contributed by atoms with E-state index < -0.39 is 5.91 Å². The van der Waals surface area contributed by atoms with E-state index in [1.165, 1.54) is 18.2 Å². The van der Waals surface area contributed by atoms with E-state index in [9.17, 15) is 4.79 Å². The number of primary amides is 1. The van der Waals surface area contributed by atoms with E-state index in [2.05, 4.69) is 20.5 Å². The maximum atomic E-state index is 11.1. The maximum Gasteiger partial charge on any atom is 0.273 e. The van der Waals surface area contributed by atoms with Crippen molar-refractivity contribution in [3.8, 4) is 0 Å². The van der Waals surface area contributed by atoms with Crippen LogP contribution in [0.2, 0.25) is 0 Å². The van der Waals surface area contributed by atoms with Gasteiger partial charge >= 0.3 is 0 Å². The highest BCUT2D eigenvalue weighted by Crippen LogP contribution is 2.24. The summed E-state index contributed by atoms with van der Waals surface area (Å²) >= 11 is 1.38. The maximum absolute atomic E-state index is 11.1. The number of nitrogens with one attached hydrogen (secondary N) is 1. The first-order valence-corrected chi connectivity index (χ1v) is 6.28. The fourth-order valence-electron chi connectivity index (χ4n) is 1.41. The lowest BCUT2D eigenvalue weighted by molar-refractivity contribution is 0.0994. The molecule has 1 aliphatic carbocycles. The van der Waals surface area contributed by atoms with E-state index >= 15 is 0 Å². The molecule has 1 aromatic heterocycles. The number of carbonyl (C=O) groups is 1. The van der Waals surface area contributed by atoms with E-state index in [-0.39, 0.29) is 5.69 Å². The van der Waals surface area contributed by atoms with Gasteiger partial charge in [0.1, 0.15) is 0 Å². The molecule has 1 amide bonds. The van der Waals surface area contributed by atoms with E-state index in [1.54, 1.807) is 0 Å². The third kappa shape index (κ3) is 2.24. The first kappa shape index (κ1) is 11.1. The van der Waals surface area contributed by atoms with Gasteiger partial charge < -0.3 is 11.1 Å². The van der Waals surface area contributed by atoms with Crippen molar-refractivity contribution in [2.45, 2.75) is 30.5 Å². The number of carbonyl (C=O) groups excluding carboxylic acids is 1. The third-order valence-electron chi connectivity index (χ3n) is 2.53. The number of aromatic nitrogens is 3. The summed E-state index contributed by atoms with van der Waals surface area (Å²) in [5.74, 6) is -0.147. The topological polar surface area (TPSA) is 93.8 Å². The van der Waals surface area contributed by atoms with Crippen molar-refractivity contribution in [3.63, 3.8) is 0 Å². The highest BCUT2D eigenvalue weighted by molar-refractivity contribution is 7.98. The summed E-state index contributed by atoms with van der Waals surface area (Å²) in [6.07, 6.45) is 5.25. The molecule has 3 N–H and O–H groups in total. The van der Waals surface area contributed by atoms with Crippen LogP contribution in [0.3, 0.4) is 0 Å². The number of rotatable bonds is 4. The highest BCUT2D eigenvalue weighted by Gasteiger charge is 2.21. The van der Waals surface area contributed by atoms with Gasteiger partial charge in [0.05, 0.1) is 0 Å². The van der Waals surface area contributed by atoms with Gasteiger partial charge in [-0.15, -0.1) is 10.2 Å². The van der Waals surface area contributed by atoms with Gasteiger partial charge in [-0.1, -0.05) is 11.8 Å². The van der Waals surface area contributed by atoms with Crippen molar-refractivity contribution in [2.24, 2.45) is 5.73 Å². The Bertz CT molecular complexity index is 407. The summed E-state index contributed by atoms with van der Waals surface area (Å²) in [5, 5.41) is 11.3. The van der Waals surface area contributed by atoms with Crippen molar-refractivity contribution in [3.05, 3.63) is 5.69 Å². The molecule has 86 valence electrons. The molecular weight excluding hydrogens is 226 g/mol. The first-order valence-electron chi connectivity index (χ1n) is 5.05. The zero-order valence-corrected chi connectivity index (χ0v) is 9.75. The number of thioether (sulfide) groups is 1. The Morgan fingerprint density at radius 3 is 2.75 bits per heavy atom. The van der Waals surface area contributed by atoms with Crippen molar-refractivity contribution >= 4 is 23.5 Å². The summed E-state index contributed by atoms with van der Waals surface area (Å²) in [5.41, 5.74) is 5.33. The van der Waals surface area contributed by atoms with Crippen molar-refractivity contribution in [1.82, 2.24) is 15.2 Å². The Kier molecular flexibility index (Phi) is 3.23. The lowest BCUT2D eigenvalue weighted by atomic mass is 9.93.